The summed E-state index contributed by atoms with van der Waals surface area (Å²) in [6.07, 6.45) is 1.11. The van der Waals surface area contributed by atoms with E-state index in [0.717, 1.165) is 15.6 Å². The van der Waals surface area contributed by atoms with Gasteiger partial charge in [0.25, 0.3) is 5.91 Å². The van der Waals surface area contributed by atoms with Crippen LogP contribution in [-0.2, 0) is 22.5 Å². The first kappa shape index (κ1) is 17.5. The molecule has 0 bridgehead atoms. The number of ether oxygens (including phenoxy) is 1. The summed E-state index contributed by atoms with van der Waals surface area (Å²) >= 11 is 3.52. The molecule has 4 rings (SSSR count). The van der Waals surface area contributed by atoms with Crippen LogP contribution in [0.1, 0.15) is 21.5 Å². The number of cyclic esters (lactones) is 1. The summed E-state index contributed by atoms with van der Waals surface area (Å²) in [4.78, 5) is 24.8. The number of hydrogen-bond donors (Lipinski definition) is 1. The maximum absolute atomic E-state index is 12.7. The number of rotatable bonds is 4. The fourth-order valence-corrected chi connectivity index (χ4v) is 3.45. The Bertz CT molecular complexity index is 1010. The van der Waals surface area contributed by atoms with Crippen molar-refractivity contribution in [3.05, 3.63) is 82.0 Å². The Kier molecular flexibility index (Phi) is 4.77. The van der Waals surface area contributed by atoms with Crippen molar-refractivity contribution in [2.75, 3.05) is 5.32 Å². The molecule has 1 aliphatic rings. The number of hydrogen-bond acceptors (Lipinski definition) is 4. The van der Waals surface area contributed by atoms with Crippen LogP contribution in [0.15, 0.2) is 65.3 Å². The fourth-order valence-electron chi connectivity index (χ4n) is 3.04. The molecule has 1 amide bonds. The number of aromatic nitrogens is 2. The van der Waals surface area contributed by atoms with Crippen molar-refractivity contribution in [2.24, 2.45) is 0 Å². The smallest absolute Gasteiger partial charge is 0.339 e. The number of halogens is 1. The number of carbonyl (C=O) groups excluding carboxylic acids is 2. The summed E-state index contributed by atoms with van der Waals surface area (Å²) in [5.41, 5.74) is 2.37. The zero-order valence-electron chi connectivity index (χ0n) is 14.3. The largest absolute Gasteiger partial charge is 0.448 e. The van der Waals surface area contributed by atoms with E-state index in [2.05, 4.69) is 26.3 Å². The maximum Gasteiger partial charge on any atom is 0.339 e. The van der Waals surface area contributed by atoms with Crippen molar-refractivity contribution >= 4 is 33.6 Å². The van der Waals surface area contributed by atoms with Gasteiger partial charge in [0.1, 0.15) is 5.82 Å². The predicted octanol–water partition coefficient (Wildman–Crippen LogP) is 3.41. The summed E-state index contributed by atoms with van der Waals surface area (Å²) in [6, 6.07) is 16.7. The maximum atomic E-state index is 12.7. The van der Waals surface area contributed by atoms with E-state index in [9.17, 15) is 9.59 Å². The van der Waals surface area contributed by atoms with Gasteiger partial charge in [0.15, 0.2) is 6.10 Å². The molecule has 1 N–H and O–H groups in total. The Balaban J connectivity index is 1.49. The highest BCUT2D eigenvalue weighted by molar-refractivity contribution is 9.10. The van der Waals surface area contributed by atoms with Gasteiger partial charge < -0.3 is 10.1 Å². The second-order valence-corrected chi connectivity index (χ2v) is 7.06. The second kappa shape index (κ2) is 7.36. The lowest BCUT2D eigenvalue weighted by Crippen LogP contribution is -2.38. The number of nitrogens with zero attached hydrogens (tertiary/aromatic N) is 2. The van der Waals surface area contributed by atoms with Crippen LogP contribution in [0, 0.1) is 0 Å². The summed E-state index contributed by atoms with van der Waals surface area (Å²) in [5.74, 6) is -0.295. The number of nitrogens with one attached hydrogen (secondary N) is 1. The lowest BCUT2D eigenvalue weighted by Gasteiger charge is -2.23. The highest BCUT2D eigenvalue weighted by Gasteiger charge is 2.31. The van der Waals surface area contributed by atoms with Crippen LogP contribution in [-0.4, -0.2) is 27.8 Å². The molecule has 27 heavy (non-hydrogen) atoms. The van der Waals surface area contributed by atoms with Gasteiger partial charge in [-0.2, -0.15) is 5.10 Å². The third-order valence-corrected chi connectivity index (χ3v) is 5.20. The lowest BCUT2D eigenvalue weighted by molar-refractivity contribution is -0.125. The molecule has 2 heterocycles. The highest BCUT2D eigenvalue weighted by Crippen LogP contribution is 2.22. The van der Waals surface area contributed by atoms with E-state index in [0.29, 0.717) is 24.3 Å². The topological polar surface area (TPSA) is 73.2 Å². The molecule has 0 spiro atoms. The quantitative estimate of drug-likeness (QED) is 0.649. The molecular weight excluding hydrogens is 410 g/mol. The third-order valence-electron chi connectivity index (χ3n) is 4.43. The summed E-state index contributed by atoms with van der Waals surface area (Å²) in [5, 5.41) is 7.10. The standard InChI is InChI=1S/C20H16BrN3O3/c21-16-8-4-2-6-14(16)12-24-18(9-10-22-24)23-19(25)17-11-13-5-1-3-7-15(13)20(26)27-17/h1-10,17H,11-12H2,(H,23,25). The van der Waals surface area contributed by atoms with Crippen LogP contribution in [0.5, 0.6) is 0 Å². The van der Waals surface area contributed by atoms with E-state index in [-0.39, 0.29) is 5.91 Å². The molecule has 3 aromatic rings. The van der Waals surface area contributed by atoms with Crippen LogP contribution >= 0.6 is 15.9 Å². The number of esters is 1. The average Bonchev–Trinajstić information content (AvgIpc) is 3.10. The van der Waals surface area contributed by atoms with Gasteiger partial charge >= 0.3 is 5.97 Å². The van der Waals surface area contributed by atoms with Gasteiger partial charge in [-0.05, 0) is 23.3 Å². The van der Waals surface area contributed by atoms with Crippen LogP contribution in [0.4, 0.5) is 5.82 Å². The molecule has 7 heteroatoms. The molecule has 0 saturated heterocycles. The van der Waals surface area contributed by atoms with E-state index in [1.807, 2.05) is 36.4 Å². The molecule has 1 aliphatic heterocycles. The summed E-state index contributed by atoms with van der Waals surface area (Å²) < 4.78 is 7.97. The molecule has 2 aromatic carbocycles. The van der Waals surface area contributed by atoms with Crippen LogP contribution in [0.2, 0.25) is 0 Å². The van der Waals surface area contributed by atoms with Crippen LogP contribution in [0.25, 0.3) is 0 Å². The Hall–Kier alpha value is -2.93. The van der Waals surface area contributed by atoms with Crippen molar-refractivity contribution < 1.29 is 14.3 Å². The summed E-state index contributed by atoms with van der Waals surface area (Å²) in [7, 11) is 0. The number of amides is 1. The number of fused-ring (bicyclic) bond motifs is 1. The Morgan fingerprint density at radius 2 is 1.96 bits per heavy atom. The molecule has 0 aliphatic carbocycles. The number of anilines is 1. The molecule has 1 aromatic heterocycles. The minimum absolute atomic E-state index is 0.353. The van der Waals surface area contributed by atoms with Gasteiger partial charge in [-0.15, -0.1) is 0 Å². The van der Waals surface area contributed by atoms with Gasteiger partial charge in [-0.3, -0.25) is 4.79 Å². The van der Waals surface area contributed by atoms with E-state index >= 15 is 0 Å². The minimum Gasteiger partial charge on any atom is -0.448 e. The first-order valence-electron chi connectivity index (χ1n) is 8.47. The second-order valence-electron chi connectivity index (χ2n) is 6.21. The zero-order valence-corrected chi connectivity index (χ0v) is 15.8. The third kappa shape index (κ3) is 3.64. The van der Waals surface area contributed by atoms with Gasteiger partial charge in [-0.1, -0.05) is 52.3 Å². The average molecular weight is 426 g/mol. The normalized spacial score (nSPS) is 15.7. The van der Waals surface area contributed by atoms with Crippen molar-refractivity contribution in [3.63, 3.8) is 0 Å². The number of benzene rings is 2. The minimum atomic E-state index is -0.862. The van der Waals surface area contributed by atoms with E-state index < -0.39 is 12.1 Å². The van der Waals surface area contributed by atoms with Crippen LogP contribution in [0.3, 0.4) is 0 Å². The van der Waals surface area contributed by atoms with Gasteiger partial charge in [-0.25, -0.2) is 9.48 Å². The SMILES string of the molecule is O=C1OC(C(=O)Nc2ccnn2Cc2ccccc2Br)Cc2ccccc21. The molecule has 136 valence electrons. The number of carbonyl (C=O) groups is 2. The summed E-state index contributed by atoms with van der Waals surface area (Å²) in [6.45, 7) is 0.497. The Morgan fingerprint density at radius 1 is 1.19 bits per heavy atom. The zero-order chi connectivity index (χ0) is 18.8. The van der Waals surface area contributed by atoms with Crippen molar-refractivity contribution in [3.8, 4) is 0 Å². The lowest BCUT2D eigenvalue weighted by atomic mass is 9.98. The van der Waals surface area contributed by atoms with E-state index in [1.54, 1.807) is 29.1 Å². The van der Waals surface area contributed by atoms with Crippen molar-refractivity contribution in [2.45, 2.75) is 19.1 Å². The molecule has 1 unspecified atom stereocenters. The van der Waals surface area contributed by atoms with Crippen molar-refractivity contribution in [1.29, 1.82) is 0 Å². The first-order chi connectivity index (χ1) is 13.1. The highest BCUT2D eigenvalue weighted by atomic mass is 79.9. The van der Waals surface area contributed by atoms with Gasteiger partial charge in [0, 0.05) is 17.0 Å². The fraction of sp³-hybridized carbons (Fsp3) is 0.150. The molecule has 0 saturated carbocycles. The monoisotopic (exact) mass is 425 g/mol. The van der Waals surface area contributed by atoms with Crippen molar-refractivity contribution in [1.82, 2.24) is 9.78 Å². The van der Waals surface area contributed by atoms with Gasteiger partial charge in [0.2, 0.25) is 0 Å². The predicted molar refractivity (Wildman–Crippen MR) is 103 cm³/mol. The van der Waals surface area contributed by atoms with Crippen LogP contribution < -0.4 is 5.32 Å². The molecule has 6 nitrogen and oxygen atoms in total. The molecule has 0 fully saturated rings. The first-order valence-corrected chi connectivity index (χ1v) is 9.26. The Labute approximate surface area is 164 Å². The molecule has 1 atom stereocenters. The van der Waals surface area contributed by atoms with E-state index in [4.69, 9.17) is 4.74 Å². The van der Waals surface area contributed by atoms with E-state index in [1.165, 1.54) is 0 Å². The molecule has 0 radical (unpaired) electrons. The molecular formula is C20H16BrN3O3. The Morgan fingerprint density at radius 3 is 2.81 bits per heavy atom. The van der Waals surface area contributed by atoms with Gasteiger partial charge in [0.05, 0.1) is 18.3 Å².